The molecule has 0 atom stereocenters. The molecule has 0 spiro atoms. The summed E-state index contributed by atoms with van der Waals surface area (Å²) in [7, 11) is 0. The molecule has 0 amide bonds. The molecule has 12 rings (SSSR count). The van der Waals surface area contributed by atoms with Crippen LogP contribution in [-0.4, -0.2) is 9.13 Å². The van der Waals surface area contributed by atoms with E-state index in [0.717, 1.165) is 94.2 Å². The zero-order valence-electron chi connectivity index (χ0n) is 35.5. The minimum absolute atomic E-state index is 0.343. The van der Waals surface area contributed by atoms with Crippen molar-refractivity contribution in [3.05, 3.63) is 242 Å². The van der Waals surface area contributed by atoms with Crippen LogP contribution in [0.4, 0.5) is 8.78 Å². The van der Waals surface area contributed by atoms with Crippen molar-refractivity contribution in [2.75, 3.05) is 0 Å². The number of aromatic nitrogens is 2. The second-order valence-electron chi connectivity index (χ2n) is 16.7. The van der Waals surface area contributed by atoms with E-state index in [9.17, 15) is 5.26 Å². The number of fused-ring (bicyclic) bond motifs is 6. The Bertz CT molecular complexity index is 3450. The minimum atomic E-state index is -0.698. The summed E-state index contributed by atoms with van der Waals surface area (Å²) in [6.07, 6.45) is 0. The highest BCUT2D eigenvalue weighted by Gasteiger charge is 2.25. The molecule has 0 aliphatic heterocycles. The van der Waals surface area contributed by atoms with Gasteiger partial charge in [0.1, 0.15) is 11.6 Å². The second-order valence-corrected chi connectivity index (χ2v) is 16.7. The van der Waals surface area contributed by atoms with Gasteiger partial charge in [-0.1, -0.05) is 146 Å². The van der Waals surface area contributed by atoms with Gasteiger partial charge in [0.05, 0.1) is 45.1 Å². The summed E-state index contributed by atoms with van der Waals surface area (Å²) < 4.78 is 35.8. The maximum Gasteiger partial charge on any atom is 0.126 e. The van der Waals surface area contributed by atoms with Crippen LogP contribution in [-0.2, 0) is 0 Å². The lowest BCUT2D eigenvalue weighted by Gasteiger charge is -2.21. The molecule has 0 fully saturated rings. The zero-order valence-corrected chi connectivity index (χ0v) is 35.5. The summed E-state index contributed by atoms with van der Waals surface area (Å²) in [5.74, 6) is -1.40. The number of benzene rings is 10. The average molecular weight is 850 g/mol. The van der Waals surface area contributed by atoms with Gasteiger partial charge in [-0.3, -0.25) is 0 Å². The predicted molar refractivity (Wildman–Crippen MR) is 267 cm³/mol. The Hall–Kier alpha value is -8.85. The van der Waals surface area contributed by atoms with Gasteiger partial charge in [-0.15, -0.1) is 0 Å². The summed E-state index contributed by atoms with van der Waals surface area (Å²) in [6.45, 7) is 0. The van der Waals surface area contributed by atoms with Crippen molar-refractivity contribution >= 4 is 43.6 Å². The van der Waals surface area contributed by atoms with Gasteiger partial charge in [0.15, 0.2) is 0 Å². The Morgan fingerprint density at radius 2 is 0.606 bits per heavy atom. The third kappa shape index (κ3) is 6.55. The first-order chi connectivity index (χ1) is 32.5. The molecule has 2 aromatic heterocycles. The molecule has 0 bridgehead atoms. The highest BCUT2D eigenvalue weighted by Crippen LogP contribution is 2.45. The molecule has 0 saturated carbocycles. The fourth-order valence-electron chi connectivity index (χ4n) is 9.83. The fourth-order valence-corrected chi connectivity index (χ4v) is 9.83. The third-order valence-corrected chi connectivity index (χ3v) is 12.8. The molecule has 310 valence electrons. The van der Waals surface area contributed by atoms with E-state index >= 15 is 8.78 Å². The maximum atomic E-state index is 15.7. The molecule has 5 heteroatoms. The topological polar surface area (TPSA) is 33.6 Å². The van der Waals surface area contributed by atoms with Crippen molar-refractivity contribution in [3.8, 4) is 73.1 Å². The molecule has 12 aromatic rings. The van der Waals surface area contributed by atoms with Gasteiger partial charge in [-0.05, 0) is 123 Å². The highest BCUT2D eigenvalue weighted by atomic mass is 19.1. The molecule has 0 aliphatic rings. The van der Waals surface area contributed by atoms with Crippen molar-refractivity contribution in [1.29, 1.82) is 5.26 Å². The van der Waals surface area contributed by atoms with Gasteiger partial charge in [0.25, 0.3) is 0 Å². The molecule has 0 saturated heterocycles. The maximum absolute atomic E-state index is 15.7. The van der Waals surface area contributed by atoms with Crippen molar-refractivity contribution in [2.24, 2.45) is 0 Å². The lowest BCUT2D eigenvalue weighted by atomic mass is 9.97. The summed E-state index contributed by atoms with van der Waals surface area (Å²) in [6, 6.07) is 76.8. The summed E-state index contributed by atoms with van der Waals surface area (Å²) in [5, 5.41) is 15.0. The van der Waals surface area contributed by atoms with Gasteiger partial charge in [-0.2, -0.15) is 5.26 Å². The monoisotopic (exact) mass is 849 g/mol. The third-order valence-electron chi connectivity index (χ3n) is 12.8. The van der Waals surface area contributed by atoms with Gasteiger partial charge in [0, 0.05) is 33.2 Å². The molecule has 10 aromatic carbocycles. The van der Waals surface area contributed by atoms with E-state index < -0.39 is 11.6 Å². The van der Waals surface area contributed by atoms with Crippen LogP contribution in [0.15, 0.2) is 224 Å². The molecule has 0 radical (unpaired) electrons. The van der Waals surface area contributed by atoms with Crippen molar-refractivity contribution in [2.45, 2.75) is 0 Å². The molecular weight excluding hydrogens is 813 g/mol. The molecule has 2 heterocycles. The van der Waals surface area contributed by atoms with Crippen LogP contribution < -0.4 is 0 Å². The van der Waals surface area contributed by atoms with E-state index in [2.05, 4.69) is 137 Å². The van der Waals surface area contributed by atoms with Crippen LogP contribution in [0.5, 0.6) is 0 Å². The molecule has 0 aliphatic carbocycles. The highest BCUT2D eigenvalue weighted by molar-refractivity contribution is 6.14. The van der Waals surface area contributed by atoms with Crippen molar-refractivity contribution in [3.63, 3.8) is 0 Å². The van der Waals surface area contributed by atoms with E-state index in [1.54, 1.807) is 0 Å². The van der Waals surface area contributed by atoms with E-state index in [1.807, 2.05) is 84.9 Å². The number of hydrogen-bond donors (Lipinski definition) is 0. The van der Waals surface area contributed by atoms with Crippen LogP contribution in [0, 0.1) is 23.0 Å². The lowest BCUT2D eigenvalue weighted by Crippen LogP contribution is -2.05. The number of halogens is 2. The minimum Gasteiger partial charge on any atom is -0.308 e. The first-order valence-corrected chi connectivity index (χ1v) is 21.9. The first kappa shape index (κ1) is 38.8. The van der Waals surface area contributed by atoms with Crippen LogP contribution in [0.2, 0.25) is 0 Å². The van der Waals surface area contributed by atoms with Crippen LogP contribution in [0.25, 0.3) is 111 Å². The van der Waals surface area contributed by atoms with Crippen LogP contribution >= 0.6 is 0 Å². The van der Waals surface area contributed by atoms with Gasteiger partial charge >= 0.3 is 0 Å². The number of rotatable bonds is 7. The standard InChI is InChI=1S/C61H37F2N3/c62-49-31-48(32-50(63)37-49)61-59(65-55-25-21-44(40-13-5-1-6-14-40)33-51(55)52-34-45(22-26-56(52)65)41-15-7-2-8-16-41)29-39(38-64)30-60(61)66-57-27-23-46(42-17-9-3-10-18-42)35-53(57)54-36-47(24-28-58(54)66)43-19-11-4-12-20-43/h1-37H. The van der Waals surface area contributed by atoms with Gasteiger partial charge in [0.2, 0.25) is 0 Å². The van der Waals surface area contributed by atoms with Gasteiger partial charge in [-0.25, -0.2) is 8.78 Å². The smallest absolute Gasteiger partial charge is 0.126 e. The summed E-state index contributed by atoms with van der Waals surface area (Å²) >= 11 is 0. The van der Waals surface area contributed by atoms with E-state index in [0.29, 0.717) is 28.1 Å². The van der Waals surface area contributed by atoms with Gasteiger partial charge < -0.3 is 9.13 Å². The Morgan fingerprint density at radius 3 is 0.894 bits per heavy atom. The van der Waals surface area contributed by atoms with E-state index in [-0.39, 0.29) is 0 Å². The second kappa shape index (κ2) is 15.7. The molecule has 0 unspecified atom stereocenters. The normalized spacial score (nSPS) is 11.5. The lowest BCUT2D eigenvalue weighted by molar-refractivity contribution is 0.584. The number of hydrogen-bond acceptors (Lipinski definition) is 1. The van der Waals surface area contributed by atoms with Crippen molar-refractivity contribution in [1.82, 2.24) is 9.13 Å². The summed E-state index contributed by atoms with van der Waals surface area (Å²) in [4.78, 5) is 0. The predicted octanol–water partition coefficient (Wildman–Crippen LogP) is 16.4. The Labute approximate surface area is 379 Å². The average Bonchev–Trinajstić information content (AvgIpc) is 3.88. The van der Waals surface area contributed by atoms with Crippen molar-refractivity contribution < 1.29 is 8.78 Å². The molecule has 66 heavy (non-hydrogen) atoms. The SMILES string of the molecule is N#Cc1cc(-n2c3ccc(-c4ccccc4)cc3c3cc(-c4ccccc4)ccc32)c(-c2cc(F)cc(F)c2)c(-n2c3ccc(-c4ccccc4)cc3c3cc(-c4ccccc4)ccc32)c1. The Morgan fingerprint density at radius 1 is 0.303 bits per heavy atom. The quantitative estimate of drug-likeness (QED) is 0.157. The number of nitrogens with zero attached hydrogens (tertiary/aromatic N) is 3. The summed E-state index contributed by atoms with van der Waals surface area (Å²) in [5.41, 5.74) is 14.7. The molecular formula is C61H37F2N3. The van der Waals surface area contributed by atoms with E-state index in [4.69, 9.17) is 0 Å². The zero-order chi connectivity index (χ0) is 44.3. The molecule has 3 nitrogen and oxygen atoms in total. The Kier molecular flexibility index (Phi) is 9.25. The Balaban J connectivity index is 1.21. The van der Waals surface area contributed by atoms with Crippen LogP contribution in [0.1, 0.15) is 5.56 Å². The molecule has 0 N–H and O–H groups in total. The van der Waals surface area contributed by atoms with E-state index in [1.165, 1.54) is 12.1 Å². The van der Waals surface area contributed by atoms with Crippen LogP contribution in [0.3, 0.4) is 0 Å². The number of nitriles is 1. The first-order valence-electron chi connectivity index (χ1n) is 21.9. The fraction of sp³-hybridized carbons (Fsp3) is 0. The largest absolute Gasteiger partial charge is 0.308 e.